The Bertz CT molecular complexity index is 1050. The van der Waals surface area contributed by atoms with Crippen molar-refractivity contribution >= 4 is 17.3 Å². The molecule has 0 bridgehead atoms. The monoisotopic (exact) mass is 386 g/mol. The molecule has 0 saturated heterocycles. The lowest BCUT2D eigenvalue weighted by molar-refractivity contribution is -0.0192. The van der Waals surface area contributed by atoms with E-state index in [-0.39, 0.29) is 6.04 Å². The Morgan fingerprint density at radius 3 is 2.74 bits per heavy atom. The number of halogens is 3. The number of rotatable bonds is 2. The molecule has 0 amide bonds. The van der Waals surface area contributed by atoms with Crippen molar-refractivity contribution < 1.29 is 17.9 Å². The first-order valence-corrected chi connectivity index (χ1v) is 8.79. The number of nitrogens with zero attached hydrogens (tertiary/aromatic N) is 2. The van der Waals surface area contributed by atoms with Crippen molar-refractivity contribution in [1.29, 1.82) is 0 Å². The van der Waals surface area contributed by atoms with Gasteiger partial charge in [-0.1, -0.05) is 17.7 Å². The van der Waals surface area contributed by atoms with E-state index in [2.05, 4.69) is 5.10 Å². The SMILES string of the molecule is Fc1ccc([C@@H]2Oc3ccc(Cl)cc3[C@H]3CC(c4ccco4)=NN32)cc1F. The lowest BCUT2D eigenvalue weighted by atomic mass is 9.97. The Hall–Kier alpha value is -2.86. The molecule has 2 atom stereocenters. The van der Waals surface area contributed by atoms with Crippen LogP contribution < -0.4 is 4.74 Å². The summed E-state index contributed by atoms with van der Waals surface area (Å²) >= 11 is 6.17. The van der Waals surface area contributed by atoms with Gasteiger partial charge in [0, 0.05) is 22.6 Å². The molecule has 0 aliphatic carbocycles. The fourth-order valence-electron chi connectivity index (χ4n) is 3.54. The minimum Gasteiger partial charge on any atom is -0.464 e. The summed E-state index contributed by atoms with van der Waals surface area (Å²) in [6.07, 6.45) is 1.49. The third kappa shape index (κ3) is 2.68. The lowest BCUT2D eigenvalue weighted by Crippen LogP contribution is -2.33. The Morgan fingerprint density at radius 2 is 1.96 bits per heavy atom. The zero-order chi connectivity index (χ0) is 18.5. The Morgan fingerprint density at radius 1 is 1.07 bits per heavy atom. The van der Waals surface area contributed by atoms with Gasteiger partial charge in [0.05, 0.1) is 12.3 Å². The topological polar surface area (TPSA) is 38.0 Å². The van der Waals surface area contributed by atoms with Crippen LogP contribution in [0.1, 0.15) is 35.6 Å². The first-order chi connectivity index (χ1) is 13.1. The van der Waals surface area contributed by atoms with E-state index in [1.165, 1.54) is 6.07 Å². The highest BCUT2D eigenvalue weighted by Gasteiger charge is 2.41. The second kappa shape index (κ2) is 6.09. The Balaban J connectivity index is 1.62. The van der Waals surface area contributed by atoms with Crippen LogP contribution in [0.2, 0.25) is 5.02 Å². The molecule has 2 aromatic carbocycles. The highest BCUT2D eigenvalue weighted by Crippen LogP contribution is 2.48. The maximum atomic E-state index is 13.8. The van der Waals surface area contributed by atoms with Gasteiger partial charge in [0.2, 0.25) is 6.23 Å². The largest absolute Gasteiger partial charge is 0.464 e. The molecule has 3 heterocycles. The Labute approximate surface area is 158 Å². The highest BCUT2D eigenvalue weighted by atomic mass is 35.5. The number of hydrazone groups is 1. The normalized spacial score (nSPS) is 20.7. The summed E-state index contributed by atoms with van der Waals surface area (Å²) in [5.74, 6) is -0.522. The molecule has 0 fully saturated rings. The molecule has 0 unspecified atom stereocenters. The second-order valence-electron chi connectivity index (χ2n) is 6.45. The predicted molar refractivity (Wildman–Crippen MR) is 95.6 cm³/mol. The van der Waals surface area contributed by atoms with Gasteiger partial charge in [-0.3, -0.25) is 0 Å². The fourth-order valence-corrected chi connectivity index (χ4v) is 3.72. The van der Waals surface area contributed by atoms with Crippen molar-refractivity contribution in [3.05, 3.63) is 88.3 Å². The number of hydrogen-bond acceptors (Lipinski definition) is 4. The molecule has 2 aliphatic heterocycles. The number of hydrogen-bond donors (Lipinski definition) is 0. The number of furan rings is 1. The highest BCUT2D eigenvalue weighted by molar-refractivity contribution is 6.30. The van der Waals surface area contributed by atoms with E-state index in [1.54, 1.807) is 29.5 Å². The van der Waals surface area contributed by atoms with Gasteiger partial charge < -0.3 is 9.15 Å². The van der Waals surface area contributed by atoms with Gasteiger partial charge in [-0.25, -0.2) is 13.8 Å². The second-order valence-corrected chi connectivity index (χ2v) is 6.89. The average Bonchev–Trinajstić information content (AvgIpc) is 3.33. The fraction of sp³-hybridized carbons (Fsp3) is 0.150. The van der Waals surface area contributed by atoms with Crippen molar-refractivity contribution in [3.8, 4) is 5.75 Å². The van der Waals surface area contributed by atoms with Gasteiger partial charge >= 0.3 is 0 Å². The summed E-state index contributed by atoms with van der Waals surface area (Å²) in [6.45, 7) is 0. The maximum Gasteiger partial charge on any atom is 0.213 e. The zero-order valence-corrected chi connectivity index (χ0v) is 14.7. The standard InChI is InChI=1S/C20H13ClF2N2O2/c21-12-4-6-18-13(9-12)17-10-16(19-2-1-7-26-19)24-25(17)20(27-18)11-3-5-14(22)15(23)8-11/h1-9,17,20H,10H2/t17-,20+/m1/s1. The van der Waals surface area contributed by atoms with Crippen molar-refractivity contribution in [2.24, 2.45) is 5.10 Å². The van der Waals surface area contributed by atoms with Crippen LogP contribution >= 0.6 is 11.6 Å². The Kier molecular flexibility index (Phi) is 3.68. The lowest BCUT2D eigenvalue weighted by Gasteiger charge is -2.38. The van der Waals surface area contributed by atoms with Gasteiger partial charge in [-0.15, -0.1) is 0 Å². The van der Waals surface area contributed by atoms with Gasteiger partial charge in [0.1, 0.15) is 17.2 Å². The van der Waals surface area contributed by atoms with Crippen LogP contribution in [0.25, 0.3) is 0 Å². The summed E-state index contributed by atoms with van der Waals surface area (Å²) in [5, 5.41) is 7.01. The predicted octanol–water partition coefficient (Wildman–Crippen LogP) is 5.45. The van der Waals surface area contributed by atoms with E-state index in [9.17, 15) is 8.78 Å². The van der Waals surface area contributed by atoms with Crippen LogP contribution in [0.15, 0.2) is 64.3 Å². The third-order valence-electron chi connectivity index (χ3n) is 4.79. The first-order valence-electron chi connectivity index (χ1n) is 8.41. The van der Waals surface area contributed by atoms with Crippen LogP contribution in [0.3, 0.4) is 0 Å². The smallest absolute Gasteiger partial charge is 0.213 e. The average molecular weight is 387 g/mol. The van der Waals surface area contributed by atoms with Gasteiger partial charge in [0.25, 0.3) is 0 Å². The van der Waals surface area contributed by atoms with Crippen LogP contribution in [-0.4, -0.2) is 10.7 Å². The van der Waals surface area contributed by atoms with Crippen LogP contribution in [-0.2, 0) is 0 Å². The van der Waals surface area contributed by atoms with Gasteiger partial charge in [-0.2, -0.15) is 5.10 Å². The number of ether oxygens (including phenoxy) is 1. The molecule has 7 heteroatoms. The van der Waals surface area contributed by atoms with E-state index in [0.717, 1.165) is 23.4 Å². The molecule has 0 radical (unpaired) electrons. The molecule has 5 rings (SSSR count). The zero-order valence-electron chi connectivity index (χ0n) is 13.9. The molecule has 2 aliphatic rings. The molecule has 1 aromatic heterocycles. The minimum atomic E-state index is -0.927. The molecule has 27 heavy (non-hydrogen) atoms. The van der Waals surface area contributed by atoms with E-state index in [1.807, 2.05) is 12.1 Å². The molecule has 0 saturated carbocycles. The van der Waals surface area contributed by atoms with E-state index < -0.39 is 17.9 Å². The molecule has 0 spiro atoms. The summed E-state index contributed by atoms with van der Waals surface area (Å²) in [4.78, 5) is 0. The van der Waals surface area contributed by atoms with Crippen LogP contribution in [0.4, 0.5) is 8.78 Å². The van der Waals surface area contributed by atoms with E-state index in [0.29, 0.717) is 28.5 Å². The first kappa shape index (κ1) is 16.3. The molecular formula is C20H13ClF2N2O2. The molecule has 136 valence electrons. The van der Waals surface area contributed by atoms with Crippen LogP contribution in [0, 0.1) is 11.6 Å². The van der Waals surface area contributed by atoms with Crippen molar-refractivity contribution in [2.75, 3.05) is 0 Å². The van der Waals surface area contributed by atoms with Crippen molar-refractivity contribution in [2.45, 2.75) is 18.7 Å². The summed E-state index contributed by atoms with van der Waals surface area (Å²) in [6, 6.07) is 12.6. The maximum absolute atomic E-state index is 13.8. The van der Waals surface area contributed by atoms with Crippen molar-refractivity contribution in [3.63, 3.8) is 0 Å². The molecule has 0 N–H and O–H groups in total. The van der Waals surface area contributed by atoms with E-state index >= 15 is 0 Å². The number of fused-ring (bicyclic) bond motifs is 3. The van der Waals surface area contributed by atoms with Crippen molar-refractivity contribution in [1.82, 2.24) is 5.01 Å². The summed E-state index contributed by atoms with van der Waals surface area (Å²) in [5.41, 5.74) is 2.13. The van der Waals surface area contributed by atoms with Crippen LogP contribution in [0.5, 0.6) is 5.75 Å². The summed E-state index contributed by atoms with van der Waals surface area (Å²) in [7, 11) is 0. The summed E-state index contributed by atoms with van der Waals surface area (Å²) < 4.78 is 38.8. The van der Waals surface area contributed by atoms with E-state index in [4.69, 9.17) is 20.8 Å². The van der Waals surface area contributed by atoms with Gasteiger partial charge in [-0.05, 0) is 42.5 Å². The minimum absolute atomic E-state index is 0.148. The quantitative estimate of drug-likeness (QED) is 0.587. The molecule has 3 aromatic rings. The van der Waals surface area contributed by atoms with Gasteiger partial charge in [0.15, 0.2) is 11.6 Å². The number of benzene rings is 2. The molecular weight excluding hydrogens is 374 g/mol. The third-order valence-corrected chi connectivity index (χ3v) is 5.02. The molecule has 4 nitrogen and oxygen atoms in total.